The van der Waals surface area contributed by atoms with Gasteiger partial charge in [-0.2, -0.15) is 0 Å². The van der Waals surface area contributed by atoms with E-state index in [0.717, 1.165) is 0 Å². The Labute approximate surface area is 144 Å². The van der Waals surface area contributed by atoms with Gasteiger partial charge in [0.05, 0.1) is 32.3 Å². The van der Waals surface area contributed by atoms with Crippen LogP contribution in [0.25, 0.3) is 0 Å². The molecule has 0 aliphatic heterocycles. The van der Waals surface area contributed by atoms with Crippen LogP contribution in [0.2, 0.25) is 0 Å². The molecule has 0 aromatic heterocycles. The van der Waals surface area contributed by atoms with E-state index in [1.165, 1.54) is 0 Å². The van der Waals surface area contributed by atoms with Gasteiger partial charge in [-0.05, 0) is 0 Å². The molecule has 1 saturated carbocycles. The summed E-state index contributed by atoms with van der Waals surface area (Å²) in [7, 11) is 0. The van der Waals surface area contributed by atoms with Gasteiger partial charge in [-0.25, -0.2) is 0 Å². The molecule has 0 heterocycles. The van der Waals surface area contributed by atoms with Crippen LogP contribution in [0.5, 0.6) is 0 Å². The van der Waals surface area contributed by atoms with E-state index < -0.39 is 50.4 Å². The summed E-state index contributed by atoms with van der Waals surface area (Å²) in [4.78, 5) is 0. The minimum absolute atomic E-state index is 0. The van der Waals surface area contributed by atoms with Crippen LogP contribution in [0, 0.1) is 0 Å². The van der Waals surface area contributed by atoms with Crippen molar-refractivity contribution in [2.45, 2.75) is 32.3 Å². The molecule has 0 saturated heterocycles. The summed E-state index contributed by atoms with van der Waals surface area (Å²) in [5, 5.41) is -2.62. The third kappa shape index (κ3) is 7.84. The van der Waals surface area contributed by atoms with Gasteiger partial charge in [-0.1, -0.05) is 0 Å². The summed E-state index contributed by atoms with van der Waals surface area (Å²) in [6.45, 7) is 0. The van der Waals surface area contributed by atoms with Crippen LogP contribution in [0.4, 0.5) is 4.53 Å². The summed E-state index contributed by atoms with van der Waals surface area (Å²) in [5.41, 5.74) is 0. The second-order valence-corrected chi connectivity index (χ2v) is 8.37. The maximum absolute atomic E-state index is 10.3. The summed E-state index contributed by atoms with van der Waals surface area (Å²) in [6.07, 6.45) is 0. The quantitative estimate of drug-likeness (QED) is 0.370. The maximum atomic E-state index is 10.3. The molecule has 1 rings (SSSR count). The molecule has 5 nitrogen and oxygen atoms in total. The van der Waals surface area contributed by atoms with Gasteiger partial charge in [-0.15, -0.1) is 69.6 Å². The zero-order valence-corrected chi connectivity index (χ0v) is 15.2. The number of hydrogen-bond donors (Lipinski definition) is 4. The predicted octanol–water partition coefficient (Wildman–Crippen LogP) is 2.48. The SMILES string of the molecule is Cl[C@H]1[C@H](Cl)[C@@H](Cl)[C@@H](Cl)[C@H](Cl)[C@H]1Cl.N.[OH][Ti]([OH])([OH])[O]F. The molecule has 0 amide bonds. The molecule has 0 aromatic rings. The molecule has 0 radical (unpaired) electrons. The molecule has 0 bridgehead atoms. The molecule has 0 atom stereocenters. The average Bonchev–Trinajstić information content (AvgIpc) is 2.31. The van der Waals surface area contributed by atoms with Crippen LogP contribution in [0.3, 0.4) is 0 Å². The fraction of sp³-hybridized carbons (Fsp3) is 1.00. The van der Waals surface area contributed by atoms with E-state index in [2.05, 4.69) is 3.52 Å². The molecule has 1 aliphatic carbocycles. The Morgan fingerprint density at radius 2 is 0.789 bits per heavy atom. The van der Waals surface area contributed by atoms with Crippen molar-refractivity contribution in [3.05, 3.63) is 0 Å². The first-order chi connectivity index (χ1) is 8.02. The van der Waals surface area contributed by atoms with Gasteiger partial charge in [0, 0.05) is 0 Å². The Bertz CT molecular complexity index is 206. The van der Waals surface area contributed by atoms with E-state index in [0.29, 0.717) is 0 Å². The molecule has 19 heavy (non-hydrogen) atoms. The van der Waals surface area contributed by atoms with Gasteiger partial charge in [0.25, 0.3) is 0 Å². The first kappa shape index (κ1) is 23.5. The second-order valence-electron chi connectivity index (χ2n) is 3.32. The number of alkyl halides is 6. The van der Waals surface area contributed by atoms with E-state index >= 15 is 0 Å². The topological polar surface area (TPSA) is 105 Å². The van der Waals surface area contributed by atoms with Crippen LogP contribution in [-0.2, 0) is 21.7 Å². The van der Waals surface area contributed by atoms with E-state index in [-0.39, 0.29) is 6.15 Å². The Morgan fingerprint density at radius 1 is 0.684 bits per heavy atom. The molecular weight excluding hydrogens is 430 g/mol. The molecule has 1 fully saturated rings. The second kappa shape index (κ2) is 10.1. The average molecular weight is 442 g/mol. The van der Waals surface area contributed by atoms with E-state index in [1.54, 1.807) is 0 Å². The molecular formula is C6H12Cl6FNO4Ti. The predicted molar refractivity (Wildman–Crippen MR) is 71.7 cm³/mol. The van der Waals surface area contributed by atoms with Crippen LogP contribution in [-0.4, -0.2) is 43.3 Å². The van der Waals surface area contributed by atoms with Gasteiger partial charge in [0.2, 0.25) is 0 Å². The molecule has 1 aliphatic rings. The standard InChI is InChI=1S/C6H6Cl6.FO.H3N.3H2O.Ti/c7-1-2(8)4(10)6(12)5(11)3(1)9;1-2;;;;;/h1-6H;;1H3;3*1H2;/q;-1;;;;;+4/p-3/t1-,2-,3-,4+,5+,6+;;;;;;. The van der Waals surface area contributed by atoms with E-state index in [9.17, 15) is 4.53 Å². The van der Waals surface area contributed by atoms with E-state index in [4.69, 9.17) is 80.7 Å². The van der Waals surface area contributed by atoms with Crippen LogP contribution >= 0.6 is 69.6 Å². The van der Waals surface area contributed by atoms with Gasteiger partial charge in [0.1, 0.15) is 0 Å². The molecule has 0 spiro atoms. The van der Waals surface area contributed by atoms with Crippen LogP contribution < -0.4 is 6.15 Å². The fourth-order valence-corrected chi connectivity index (χ4v) is 3.38. The number of hydrogen-bond acceptors (Lipinski definition) is 5. The summed E-state index contributed by atoms with van der Waals surface area (Å²) in [6, 6.07) is 0. The summed E-state index contributed by atoms with van der Waals surface area (Å²) < 4.78 is 35.2. The first-order valence-electron chi connectivity index (χ1n) is 4.34. The molecule has 13 heteroatoms. The third-order valence-electron chi connectivity index (χ3n) is 1.93. The summed E-state index contributed by atoms with van der Waals surface area (Å²) >= 11 is 30.1. The van der Waals surface area contributed by atoms with Gasteiger partial charge >= 0.3 is 37.3 Å². The van der Waals surface area contributed by atoms with Crippen molar-refractivity contribution in [2.75, 3.05) is 0 Å². The zero-order chi connectivity index (χ0) is 14.7. The van der Waals surface area contributed by atoms with Gasteiger partial charge in [0.15, 0.2) is 0 Å². The molecule has 118 valence electrons. The monoisotopic (exact) mass is 439 g/mol. The molecule has 0 aromatic carbocycles. The van der Waals surface area contributed by atoms with Gasteiger partial charge in [-0.3, -0.25) is 0 Å². The Morgan fingerprint density at radius 3 is 0.842 bits per heavy atom. The number of halogens is 7. The van der Waals surface area contributed by atoms with Crippen LogP contribution in [0.1, 0.15) is 0 Å². The van der Waals surface area contributed by atoms with E-state index in [1.807, 2.05) is 0 Å². The molecule has 0 unspecified atom stereocenters. The zero-order valence-electron chi connectivity index (χ0n) is 9.07. The van der Waals surface area contributed by atoms with Crippen molar-refractivity contribution in [1.29, 1.82) is 0 Å². The molecule has 6 N–H and O–H groups in total. The van der Waals surface area contributed by atoms with Crippen molar-refractivity contribution >= 4 is 69.6 Å². The Hall–Kier alpha value is 2.18. The fourth-order valence-electron chi connectivity index (χ4n) is 1.05. The minimum atomic E-state index is -5.21. The van der Waals surface area contributed by atoms with Crippen molar-refractivity contribution in [3.63, 3.8) is 0 Å². The normalized spacial score (nSPS) is 38.8. The van der Waals surface area contributed by atoms with Crippen molar-refractivity contribution in [2.24, 2.45) is 0 Å². The van der Waals surface area contributed by atoms with Crippen LogP contribution in [0.15, 0.2) is 0 Å². The Balaban J connectivity index is 0. The Kier molecular flexibility index (Phi) is 12.4. The first-order valence-corrected chi connectivity index (χ1v) is 9.69. The van der Waals surface area contributed by atoms with Crippen molar-refractivity contribution in [3.8, 4) is 0 Å². The number of rotatable bonds is 1. The summed E-state index contributed by atoms with van der Waals surface area (Å²) in [5.74, 6) is 0. The van der Waals surface area contributed by atoms with Gasteiger partial charge < -0.3 is 6.15 Å². The van der Waals surface area contributed by atoms with Crippen molar-refractivity contribution in [1.82, 2.24) is 6.15 Å². The third-order valence-corrected chi connectivity index (χ3v) is 6.28. The van der Waals surface area contributed by atoms with Crippen molar-refractivity contribution < 1.29 is 37.3 Å².